The van der Waals surface area contributed by atoms with Gasteiger partial charge in [0, 0.05) is 31.2 Å². The van der Waals surface area contributed by atoms with Crippen LogP contribution in [0.4, 0.5) is 0 Å². The minimum atomic E-state index is 0.538. The molecule has 2 saturated heterocycles. The van der Waals surface area contributed by atoms with Gasteiger partial charge in [0.15, 0.2) is 0 Å². The molecule has 2 aliphatic heterocycles. The second-order valence-corrected chi connectivity index (χ2v) is 7.66. The van der Waals surface area contributed by atoms with Crippen molar-refractivity contribution in [1.82, 2.24) is 15.1 Å². The number of nitrogens with one attached hydrogen (secondary N) is 1. The zero-order chi connectivity index (χ0) is 12.4. The number of hydrogen-bond acceptors (Lipinski definition) is 3. The third kappa shape index (κ3) is 1.75. The summed E-state index contributed by atoms with van der Waals surface area (Å²) in [7, 11) is 4.67. The van der Waals surface area contributed by atoms with E-state index in [-0.39, 0.29) is 0 Å². The molecule has 3 atom stereocenters. The lowest BCUT2D eigenvalue weighted by Crippen LogP contribution is -2.58. The standard InChI is InChI=1S/C15H27N3/c1-17-7-3-4-14(10-17)8-12(14)13-9-16-15(5-6-15)11-18(13)2/h12-13,16H,3-11H2,1-2H3. The first kappa shape index (κ1) is 11.7. The van der Waals surface area contributed by atoms with Crippen LogP contribution in [-0.4, -0.2) is 61.7 Å². The summed E-state index contributed by atoms with van der Waals surface area (Å²) >= 11 is 0. The molecule has 3 nitrogen and oxygen atoms in total. The van der Waals surface area contributed by atoms with Crippen molar-refractivity contribution < 1.29 is 0 Å². The molecule has 0 radical (unpaired) electrons. The Bertz CT molecular complexity index is 352. The van der Waals surface area contributed by atoms with E-state index in [1.54, 1.807) is 0 Å². The van der Waals surface area contributed by atoms with E-state index in [0.29, 0.717) is 11.0 Å². The summed E-state index contributed by atoms with van der Waals surface area (Å²) < 4.78 is 0. The van der Waals surface area contributed by atoms with Gasteiger partial charge in [-0.3, -0.25) is 0 Å². The van der Waals surface area contributed by atoms with E-state index in [0.717, 1.165) is 12.0 Å². The quantitative estimate of drug-likeness (QED) is 0.752. The molecule has 1 N–H and O–H groups in total. The zero-order valence-electron chi connectivity index (χ0n) is 11.9. The number of likely N-dealkylation sites (tertiary alicyclic amines) is 1. The first-order valence-electron chi connectivity index (χ1n) is 7.76. The first-order valence-corrected chi connectivity index (χ1v) is 7.76. The Labute approximate surface area is 111 Å². The van der Waals surface area contributed by atoms with Crippen LogP contribution in [0.3, 0.4) is 0 Å². The molecule has 4 fully saturated rings. The molecule has 3 unspecified atom stereocenters. The van der Waals surface area contributed by atoms with Crippen LogP contribution in [0, 0.1) is 11.3 Å². The van der Waals surface area contributed by atoms with Crippen molar-refractivity contribution >= 4 is 0 Å². The second-order valence-electron chi connectivity index (χ2n) is 7.66. The molecule has 0 aromatic carbocycles. The maximum absolute atomic E-state index is 3.85. The van der Waals surface area contributed by atoms with Gasteiger partial charge < -0.3 is 15.1 Å². The molecule has 2 saturated carbocycles. The van der Waals surface area contributed by atoms with Crippen LogP contribution in [-0.2, 0) is 0 Å². The summed E-state index contributed by atoms with van der Waals surface area (Å²) in [6.45, 7) is 5.20. The number of likely N-dealkylation sites (N-methyl/N-ethyl adjacent to an activating group) is 1. The van der Waals surface area contributed by atoms with Crippen molar-refractivity contribution in [3.63, 3.8) is 0 Å². The Balaban J connectivity index is 1.43. The fourth-order valence-electron chi connectivity index (χ4n) is 4.85. The molecule has 0 aromatic heterocycles. The van der Waals surface area contributed by atoms with Crippen LogP contribution in [0.1, 0.15) is 32.1 Å². The van der Waals surface area contributed by atoms with Crippen molar-refractivity contribution in [1.29, 1.82) is 0 Å². The monoisotopic (exact) mass is 249 g/mol. The normalized spacial score (nSPS) is 47.7. The Kier molecular flexibility index (Phi) is 2.41. The Hall–Kier alpha value is -0.120. The average molecular weight is 249 g/mol. The minimum absolute atomic E-state index is 0.538. The third-order valence-corrected chi connectivity index (χ3v) is 6.17. The van der Waals surface area contributed by atoms with Crippen molar-refractivity contribution in [3.8, 4) is 0 Å². The topological polar surface area (TPSA) is 18.5 Å². The Morgan fingerprint density at radius 3 is 2.61 bits per heavy atom. The van der Waals surface area contributed by atoms with Gasteiger partial charge in [0.2, 0.25) is 0 Å². The molecule has 2 spiro atoms. The molecule has 0 aromatic rings. The maximum Gasteiger partial charge on any atom is 0.0310 e. The average Bonchev–Trinajstić information content (AvgIpc) is 3.20. The lowest BCUT2D eigenvalue weighted by atomic mass is 9.89. The van der Waals surface area contributed by atoms with Gasteiger partial charge in [-0.25, -0.2) is 0 Å². The summed E-state index contributed by atoms with van der Waals surface area (Å²) in [4.78, 5) is 5.24. The molecular formula is C15H27N3. The van der Waals surface area contributed by atoms with E-state index in [4.69, 9.17) is 0 Å². The van der Waals surface area contributed by atoms with Gasteiger partial charge in [0.1, 0.15) is 0 Å². The maximum atomic E-state index is 3.85. The number of hydrogen-bond donors (Lipinski definition) is 1. The van der Waals surface area contributed by atoms with Crippen LogP contribution < -0.4 is 5.32 Å². The van der Waals surface area contributed by atoms with Crippen LogP contribution in [0.25, 0.3) is 0 Å². The highest BCUT2D eigenvalue weighted by Crippen LogP contribution is 2.60. The van der Waals surface area contributed by atoms with Crippen LogP contribution in [0.15, 0.2) is 0 Å². The van der Waals surface area contributed by atoms with E-state index in [1.165, 1.54) is 58.3 Å². The van der Waals surface area contributed by atoms with E-state index >= 15 is 0 Å². The summed E-state index contributed by atoms with van der Waals surface area (Å²) in [6, 6.07) is 0.808. The van der Waals surface area contributed by atoms with E-state index < -0.39 is 0 Å². The predicted molar refractivity (Wildman–Crippen MR) is 73.7 cm³/mol. The largest absolute Gasteiger partial charge is 0.308 e. The predicted octanol–water partition coefficient (Wildman–Crippen LogP) is 1.15. The van der Waals surface area contributed by atoms with Gasteiger partial charge in [-0.1, -0.05) is 0 Å². The van der Waals surface area contributed by atoms with Crippen molar-refractivity contribution in [2.24, 2.45) is 11.3 Å². The number of nitrogens with zero attached hydrogens (tertiary/aromatic N) is 2. The summed E-state index contributed by atoms with van der Waals surface area (Å²) in [5, 5.41) is 3.85. The Morgan fingerprint density at radius 1 is 1.11 bits per heavy atom. The van der Waals surface area contributed by atoms with Gasteiger partial charge in [-0.15, -0.1) is 0 Å². The van der Waals surface area contributed by atoms with Gasteiger partial charge in [0.05, 0.1) is 0 Å². The first-order chi connectivity index (χ1) is 8.63. The molecule has 3 heteroatoms. The molecule has 102 valence electrons. The summed E-state index contributed by atoms with van der Waals surface area (Å²) in [5.41, 5.74) is 1.23. The molecule has 2 heterocycles. The number of piperazine rings is 1. The van der Waals surface area contributed by atoms with E-state index in [2.05, 4.69) is 29.2 Å². The smallest absolute Gasteiger partial charge is 0.0310 e. The lowest BCUT2D eigenvalue weighted by molar-refractivity contribution is 0.103. The molecule has 18 heavy (non-hydrogen) atoms. The number of rotatable bonds is 1. The van der Waals surface area contributed by atoms with Gasteiger partial charge in [-0.05, 0) is 64.1 Å². The van der Waals surface area contributed by atoms with Crippen molar-refractivity contribution in [2.45, 2.75) is 43.7 Å². The number of piperidine rings is 1. The molecule has 0 amide bonds. The van der Waals surface area contributed by atoms with Crippen molar-refractivity contribution in [3.05, 3.63) is 0 Å². The SMILES string of the molecule is CN1CCCC2(CC2C2CNC3(CC3)CN2C)C1. The van der Waals surface area contributed by atoms with Gasteiger partial charge in [-0.2, -0.15) is 0 Å². The van der Waals surface area contributed by atoms with Crippen LogP contribution >= 0.6 is 0 Å². The molecule has 2 aliphatic carbocycles. The molecule has 4 rings (SSSR count). The lowest BCUT2D eigenvalue weighted by Gasteiger charge is -2.41. The van der Waals surface area contributed by atoms with Gasteiger partial charge >= 0.3 is 0 Å². The summed E-state index contributed by atoms with van der Waals surface area (Å²) in [5.74, 6) is 0.967. The molecule has 4 aliphatic rings. The minimum Gasteiger partial charge on any atom is -0.308 e. The summed E-state index contributed by atoms with van der Waals surface area (Å²) in [6.07, 6.45) is 7.20. The highest BCUT2D eigenvalue weighted by atomic mass is 15.3. The zero-order valence-corrected chi connectivity index (χ0v) is 11.9. The van der Waals surface area contributed by atoms with Gasteiger partial charge in [0.25, 0.3) is 0 Å². The van der Waals surface area contributed by atoms with Crippen molar-refractivity contribution in [2.75, 3.05) is 40.3 Å². The van der Waals surface area contributed by atoms with E-state index in [1.807, 2.05) is 0 Å². The highest BCUT2D eigenvalue weighted by Gasteiger charge is 2.60. The fraction of sp³-hybridized carbons (Fsp3) is 1.00. The Morgan fingerprint density at radius 2 is 1.94 bits per heavy atom. The fourth-order valence-corrected chi connectivity index (χ4v) is 4.85. The van der Waals surface area contributed by atoms with E-state index in [9.17, 15) is 0 Å². The molecular weight excluding hydrogens is 222 g/mol. The third-order valence-electron chi connectivity index (χ3n) is 6.17. The van der Waals surface area contributed by atoms with Crippen LogP contribution in [0.2, 0.25) is 0 Å². The molecule has 0 bridgehead atoms. The second kappa shape index (κ2) is 3.71. The van der Waals surface area contributed by atoms with Crippen LogP contribution in [0.5, 0.6) is 0 Å². The highest BCUT2D eigenvalue weighted by molar-refractivity contribution is 5.15.